The monoisotopic (exact) mass is 216 g/mol. The Labute approximate surface area is 85.9 Å². The maximum absolute atomic E-state index is 11.0. The maximum Gasteiger partial charge on any atom is 0.407 e. The van der Waals surface area contributed by atoms with Crippen LogP contribution in [0, 0.1) is 0 Å². The summed E-state index contributed by atoms with van der Waals surface area (Å²) in [5.74, 6) is -1.21. The summed E-state index contributed by atoms with van der Waals surface area (Å²) in [6.07, 6.45) is -0.735. The molecule has 15 heavy (non-hydrogen) atoms. The van der Waals surface area contributed by atoms with Crippen LogP contribution in [0.4, 0.5) is 4.79 Å². The molecule has 1 rings (SSSR count). The number of carbonyl (C=O) groups excluding carboxylic acids is 1. The van der Waals surface area contributed by atoms with E-state index < -0.39 is 17.6 Å². The van der Waals surface area contributed by atoms with Gasteiger partial charge < -0.3 is 20.0 Å². The van der Waals surface area contributed by atoms with Gasteiger partial charge in [-0.1, -0.05) is 0 Å². The van der Waals surface area contributed by atoms with E-state index in [-0.39, 0.29) is 19.6 Å². The van der Waals surface area contributed by atoms with E-state index in [1.807, 2.05) is 0 Å². The van der Waals surface area contributed by atoms with Crippen molar-refractivity contribution in [3.63, 3.8) is 0 Å². The number of carboxylic acid groups (broad SMARTS) is 2. The van der Waals surface area contributed by atoms with Gasteiger partial charge in [0, 0.05) is 13.1 Å². The number of rotatable bonds is 2. The average Bonchev–Trinajstić information content (AvgIpc) is 2.17. The number of hydrogen-bond acceptors (Lipinski definition) is 3. The first kappa shape index (κ1) is 11.3. The lowest BCUT2D eigenvalue weighted by atomic mass is 9.97. The van der Waals surface area contributed by atoms with Crippen molar-refractivity contribution in [3.05, 3.63) is 0 Å². The highest BCUT2D eigenvalue weighted by atomic mass is 16.4. The van der Waals surface area contributed by atoms with Crippen LogP contribution in [0.5, 0.6) is 0 Å². The molecular weight excluding hydrogens is 204 g/mol. The van der Waals surface area contributed by atoms with Gasteiger partial charge in [0.05, 0.1) is 6.54 Å². The Morgan fingerprint density at radius 1 is 1.33 bits per heavy atom. The molecule has 0 aromatic carbocycles. The largest absolute Gasteiger partial charge is 0.479 e. The summed E-state index contributed by atoms with van der Waals surface area (Å²) in [7, 11) is 0. The minimum absolute atomic E-state index is 0.0958. The average molecular weight is 216 g/mol. The highest BCUT2D eigenvalue weighted by Crippen LogP contribution is 2.20. The molecule has 0 saturated carbocycles. The first-order chi connectivity index (χ1) is 6.91. The molecule has 7 heteroatoms. The van der Waals surface area contributed by atoms with Gasteiger partial charge in [-0.15, -0.1) is 0 Å². The fourth-order valence-electron chi connectivity index (χ4n) is 1.54. The Balaban J connectivity index is 2.92. The molecule has 0 aliphatic carbocycles. The number of hydrogen-bond donors (Lipinski definition) is 2. The molecule has 0 bridgehead atoms. The number of nitrogens with zero attached hydrogens (tertiary/aromatic N) is 2. The van der Waals surface area contributed by atoms with Gasteiger partial charge in [-0.25, -0.2) is 9.59 Å². The molecule has 1 aliphatic heterocycles. The SMILES string of the molecule is CC1(C(=O)O)CN(C(=O)O)CCN1C=O. The summed E-state index contributed by atoms with van der Waals surface area (Å²) >= 11 is 0. The Kier molecular flexibility index (Phi) is 2.83. The van der Waals surface area contributed by atoms with Gasteiger partial charge in [-0.3, -0.25) is 4.79 Å². The molecule has 1 atom stereocenters. The van der Waals surface area contributed by atoms with Gasteiger partial charge in [0.25, 0.3) is 0 Å². The molecule has 0 aromatic rings. The molecule has 2 N–H and O–H groups in total. The van der Waals surface area contributed by atoms with Crippen molar-refractivity contribution in [2.75, 3.05) is 19.6 Å². The molecule has 1 heterocycles. The quantitative estimate of drug-likeness (QED) is 0.593. The molecule has 0 aromatic heterocycles. The van der Waals surface area contributed by atoms with Gasteiger partial charge in [-0.2, -0.15) is 0 Å². The van der Waals surface area contributed by atoms with Crippen molar-refractivity contribution in [3.8, 4) is 0 Å². The van der Waals surface area contributed by atoms with Crippen molar-refractivity contribution >= 4 is 18.5 Å². The molecular formula is C8H12N2O5. The van der Waals surface area contributed by atoms with Crippen LogP contribution in [0.15, 0.2) is 0 Å². The van der Waals surface area contributed by atoms with E-state index in [1.54, 1.807) is 0 Å². The zero-order chi connectivity index (χ0) is 11.6. The normalized spacial score (nSPS) is 26.2. The second kappa shape index (κ2) is 3.76. The topological polar surface area (TPSA) is 98.2 Å². The van der Waals surface area contributed by atoms with Gasteiger partial charge in [0.1, 0.15) is 0 Å². The van der Waals surface area contributed by atoms with Crippen molar-refractivity contribution in [1.82, 2.24) is 9.80 Å². The lowest BCUT2D eigenvalue weighted by Gasteiger charge is -2.43. The van der Waals surface area contributed by atoms with Crippen LogP contribution in [0.2, 0.25) is 0 Å². The predicted molar refractivity (Wildman–Crippen MR) is 48.4 cm³/mol. The summed E-state index contributed by atoms with van der Waals surface area (Å²) in [5.41, 5.74) is -1.47. The van der Waals surface area contributed by atoms with Crippen molar-refractivity contribution in [1.29, 1.82) is 0 Å². The molecule has 84 valence electrons. The molecule has 1 unspecified atom stereocenters. The molecule has 1 fully saturated rings. The van der Waals surface area contributed by atoms with Crippen molar-refractivity contribution in [2.24, 2.45) is 0 Å². The minimum atomic E-state index is -1.47. The van der Waals surface area contributed by atoms with Crippen LogP contribution in [0.1, 0.15) is 6.92 Å². The highest BCUT2D eigenvalue weighted by Gasteiger charge is 2.45. The lowest BCUT2D eigenvalue weighted by Crippen LogP contribution is -2.64. The Morgan fingerprint density at radius 2 is 1.93 bits per heavy atom. The van der Waals surface area contributed by atoms with Crippen LogP contribution < -0.4 is 0 Å². The van der Waals surface area contributed by atoms with E-state index in [4.69, 9.17) is 10.2 Å². The number of carbonyl (C=O) groups is 3. The van der Waals surface area contributed by atoms with E-state index in [2.05, 4.69) is 0 Å². The van der Waals surface area contributed by atoms with Gasteiger partial charge in [-0.05, 0) is 6.92 Å². The maximum atomic E-state index is 11.0. The van der Waals surface area contributed by atoms with Crippen LogP contribution in [-0.2, 0) is 9.59 Å². The van der Waals surface area contributed by atoms with Crippen LogP contribution in [0.25, 0.3) is 0 Å². The molecule has 1 aliphatic rings. The third kappa shape index (κ3) is 1.85. The number of carboxylic acids is 1. The van der Waals surface area contributed by atoms with E-state index in [9.17, 15) is 14.4 Å². The van der Waals surface area contributed by atoms with Crippen LogP contribution in [-0.4, -0.2) is 63.7 Å². The van der Waals surface area contributed by atoms with Crippen LogP contribution in [0.3, 0.4) is 0 Å². The summed E-state index contributed by atoms with van der Waals surface area (Å²) in [5, 5.41) is 17.7. The zero-order valence-electron chi connectivity index (χ0n) is 8.21. The fraction of sp³-hybridized carbons (Fsp3) is 0.625. The zero-order valence-corrected chi connectivity index (χ0v) is 8.21. The molecule has 0 radical (unpaired) electrons. The van der Waals surface area contributed by atoms with Gasteiger partial charge in [0.2, 0.25) is 6.41 Å². The third-order valence-corrected chi connectivity index (χ3v) is 2.60. The summed E-state index contributed by atoms with van der Waals surface area (Å²) in [6, 6.07) is 0. The number of amides is 2. The Bertz CT molecular complexity index is 305. The first-order valence-electron chi connectivity index (χ1n) is 4.35. The highest BCUT2D eigenvalue weighted by molar-refractivity contribution is 5.82. The smallest absolute Gasteiger partial charge is 0.407 e. The summed E-state index contributed by atoms with van der Waals surface area (Å²) < 4.78 is 0. The third-order valence-electron chi connectivity index (χ3n) is 2.60. The first-order valence-corrected chi connectivity index (χ1v) is 4.35. The standard InChI is InChI=1S/C8H12N2O5/c1-8(6(12)13)4-9(7(14)15)2-3-10(8)5-11/h5H,2-4H2,1H3,(H,12,13)(H,14,15). The molecule has 0 spiro atoms. The van der Waals surface area contributed by atoms with Crippen molar-refractivity contribution < 1.29 is 24.6 Å². The van der Waals surface area contributed by atoms with E-state index >= 15 is 0 Å². The van der Waals surface area contributed by atoms with E-state index in [0.717, 1.165) is 9.80 Å². The minimum Gasteiger partial charge on any atom is -0.479 e. The summed E-state index contributed by atoms with van der Waals surface area (Å²) in [4.78, 5) is 34.4. The Hall–Kier alpha value is -1.79. The Morgan fingerprint density at radius 3 is 2.33 bits per heavy atom. The van der Waals surface area contributed by atoms with Gasteiger partial charge in [0.15, 0.2) is 5.54 Å². The van der Waals surface area contributed by atoms with Gasteiger partial charge >= 0.3 is 12.1 Å². The van der Waals surface area contributed by atoms with E-state index in [1.165, 1.54) is 6.92 Å². The lowest BCUT2D eigenvalue weighted by molar-refractivity contribution is -0.157. The second-order valence-corrected chi connectivity index (χ2v) is 3.58. The number of aliphatic carboxylic acids is 1. The summed E-state index contributed by atoms with van der Waals surface area (Å²) in [6.45, 7) is 1.35. The molecule has 1 saturated heterocycles. The van der Waals surface area contributed by atoms with E-state index in [0.29, 0.717) is 6.41 Å². The van der Waals surface area contributed by atoms with Crippen molar-refractivity contribution in [2.45, 2.75) is 12.5 Å². The number of piperazine rings is 1. The molecule has 7 nitrogen and oxygen atoms in total. The fourth-order valence-corrected chi connectivity index (χ4v) is 1.54. The second-order valence-electron chi connectivity index (χ2n) is 3.58. The molecule has 2 amide bonds. The van der Waals surface area contributed by atoms with Crippen LogP contribution >= 0.6 is 0 Å². The predicted octanol–water partition coefficient (Wildman–Crippen LogP) is -0.718.